The van der Waals surface area contributed by atoms with Crippen LogP contribution >= 0.6 is 11.6 Å². The van der Waals surface area contributed by atoms with E-state index < -0.39 is 0 Å². The molecule has 5 nitrogen and oxygen atoms in total. The molecule has 0 saturated heterocycles. The Morgan fingerprint density at radius 3 is 3.00 bits per heavy atom. The summed E-state index contributed by atoms with van der Waals surface area (Å²) in [6.45, 7) is 0. The van der Waals surface area contributed by atoms with Crippen molar-refractivity contribution in [1.82, 2.24) is 9.97 Å². The molecule has 6 heteroatoms. The third-order valence-corrected chi connectivity index (χ3v) is 1.88. The van der Waals surface area contributed by atoms with Crippen LogP contribution in [0, 0.1) is 0 Å². The van der Waals surface area contributed by atoms with Crippen molar-refractivity contribution in [2.24, 2.45) is 0 Å². The van der Waals surface area contributed by atoms with Gasteiger partial charge < -0.3 is 11.1 Å². The van der Waals surface area contributed by atoms with E-state index >= 15 is 0 Å². The lowest BCUT2D eigenvalue weighted by molar-refractivity contribution is -0.115. The molecule has 1 aliphatic rings. The maximum Gasteiger partial charge on any atom is 0.230 e. The zero-order valence-electron chi connectivity index (χ0n) is 5.97. The number of hydrogen-bond donors (Lipinski definition) is 2. The second-order valence-corrected chi connectivity index (χ2v) is 2.78. The molecule has 12 heavy (non-hydrogen) atoms. The van der Waals surface area contributed by atoms with Gasteiger partial charge in [0.15, 0.2) is 0 Å². The summed E-state index contributed by atoms with van der Waals surface area (Å²) in [4.78, 5) is 18.4. The first kappa shape index (κ1) is 7.30. The van der Waals surface area contributed by atoms with Gasteiger partial charge in [0.2, 0.25) is 11.9 Å². The number of nitrogens with two attached hydrogens (primary N) is 1. The van der Waals surface area contributed by atoms with Crippen LogP contribution in [0.15, 0.2) is 0 Å². The topological polar surface area (TPSA) is 80.9 Å². The van der Waals surface area contributed by atoms with Crippen LogP contribution < -0.4 is 11.1 Å². The summed E-state index contributed by atoms with van der Waals surface area (Å²) in [7, 11) is 0. The van der Waals surface area contributed by atoms with Gasteiger partial charge in [0, 0.05) is 5.56 Å². The van der Waals surface area contributed by atoms with Gasteiger partial charge in [-0.2, -0.15) is 4.98 Å². The highest BCUT2D eigenvalue weighted by Crippen LogP contribution is 2.26. The second-order valence-electron chi connectivity index (χ2n) is 2.42. The monoisotopic (exact) mass is 184 g/mol. The molecule has 1 aliphatic heterocycles. The number of carbonyl (C=O) groups is 1. The number of aromatic nitrogens is 2. The summed E-state index contributed by atoms with van der Waals surface area (Å²) >= 11 is 5.72. The molecule has 0 fully saturated rings. The Kier molecular flexibility index (Phi) is 1.41. The van der Waals surface area contributed by atoms with Crippen LogP contribution in [0.4, 0.5) is 11.8 Å². The third-order valence-electron chi connectivity index (χ3n) is 1.57. The van der Waals surface area contributed by atoms with Crippen molar-refractivity contribution < 1.29 is 4.79 Å². The number of rotatable bonds is 0. The SMILES string of the molecule is Nc1nc(Cl)c2c(n1)NC(=O)C2. The average Bonchev–Trinajstić information content (AvgIpc) is 2.29. The van der Waals surface area contributed by atoms with E-state index in [4.69, 9.17) is 17.3 Å². The summed E-state index contributed by atoms with van der Waals surface area (Å²) in [6.07, 6.45) is 0.231. The number of nitrogen functional groups attached to an aromatic ring is 1. The lowest BCUT2D eigenvalue weighted by atomic mass is 10.3. The lowest BCUT2D eigenvalue weighted by Crippen LogP contribution is -2.04. The predicted molar refractivity (Wildman–Crippen MR) is 43.8 cm³/mol. The number of nitrogens with one attached hydrogen (secondary N) is 1. The van der Waals surface area contributed by atoms with Gasteiger partial charge in [0.1, 0.15) is 11.0 Å². The van der Waals surface area contributed by atoms with Gasteiger partial charge in [0.05, 0.1) is 6.42 Å². The maximum absolute atomic E-state index is 10.9. The zero-order chi connectivity index (χ0) is 8.72. The van der Waals surface area contributed by atoms with Gasteiger partial charge in [-0.3, -0.25) is 4.79 Å². The average molecular weight is 185 g/mol. The summed E-state index contributed by atoms with van der Waals surface area (Å²) in [5.41, 5.74) is 5.94. The Bertz CT molecular complexity index is 365. The molecular formula is C6H5ClN4O. The molecular weight excluding hydrogens is 180 g/mol. The Hall–Kier alpha value is -1.36. The third kappa shape index (κ3) is 0.984. The molecule has 0 aliphatic carbocycles. The quantitative estimate of drug-likeness (QED) is 0.565. The summed E-state index contributed by atoms with van der Waals surface area (Å²) in [5.74, 6) is 0.366. The minimum absolute atomic E-state index is 0.0703. The summed E-state index contributed by atoms with van der Waals surface area (Å²) in [5, 5.41) is 2.77. The number of halogens is 1. The second kappa shape index (κ2) is 2.31. The zero-order valence-corrected chi connectivity index (χ0v) is 6.72. The molecule has 0 spiro atoms. The van der Waals surface area contributed by atoms with Crippen molar-refractivity contribution in [3.8, 4) is 0 Å². The Morgan fingerprint density at radius 1 is 1.50 bits per heavy atom. The number of amides is 1. The number of carbonyl (C=O) groups excluding carboxylic acids is 1. The van der Waals surface area contributed by atoms with Crippen molar-refractivity contribution in [1.29, 1.82) is 0 Å². The molecule has 2 rings (SSSR count). The number of hydrogen-bond acceptors (Lipinski definition) is 4. The molecule has 1 aromatic rings. The predicted octanol–water partition coefficient (Wildman–Crippen LogP) is 0.207. The number of nitrogens with zero attached hydrogens (tertiary/aromatic N) is 2. The fourth-order valence-electron chi connectivity index (χ4n) is 1.07. The van der Waals surface area contributed by atoms with Gasteiger partial charge in [-0.1, -0.05) is 11.6 Å². The van der Waals surface area contributed by atoms with Crippen LogP contribution in [0.5, 0.6) is 0 Å². The van der Waals surface area contributed by atoms with Crippen LogP contribution in [0.25, 0.3) is 0 Å². The van der Waals surface area contributed by atoms with E-state index in [0.29, 0.717) is 11.4 Å². The van der Waals surface area contributed by atoms with Crippen molar-refractivity contribution in [2.45, 2.75) is 6.42 Å². The Morgan fingerprint density at radius 2 is 2.25 bits per heavy atom. The molecule has 0 unspecified atom stereocenters. The summed E-state index contributed by atoms with van der Waals surface area (Å²) < 4.78 is 0. The van der Waals surface area contributed by atoms with Crippen molar-refractivity contribution in [2.75, 3.05) is 11.1 Å². The first-order valence-corrected chi connectivity index (χ1v) is 3.66. The molecule has 0 atom stereocenters. The Balaban J connectivity index is 2.59. The molecule has 2 heterocycles. The molecule has 1 aromatic heterocycles. The molecule has 0 saturated carbocycles. The molecule has 0 aromatic carbocycles. The minimum Gasteiger partial charge on any atom is -0.368 e. The smallest absolute Gasteiger partial charge is 0.230 e. The van der Waals surface area contributed by atoms with E-state index in [9.17, 15) is 4.79 Å². The number of anilines is 2. The lowest BCUT2D eigenvalue weighted by Gasteiger charge is -1.99. The molecule has 0 radical (unpaired) electrons. The minimum atomic E-state index is -0.133. The van der Waals surface area contributed by atoms with Gasteiger partial charge in [0.25, 0.3) is 0 Å². The highest BCUT2D eigenvalue weighted by Gasteiger charge is 2.22. The largest absolute Gasteiger partial charge is 0.368 e. The van der Waals surface area contributed by atoms with Crippen molar-refractivity contribution >= 4 is 29.3 Å². The highest BCUT2D eigenvalue weighted by atomic mass is 35.5. The molecule has 1 amide bonds. The van der Waals surface area contributed by atoms with Gasteiger partial charge in [-0.25, -0.2) is 4.98 Å². The van der Waals surface area contributed by atoms with Crippen LogP contribution in [-0.2, 0) is 11.2 Å². The summed E-state index contributed by atoms with van der Waals surface area (Å²) in [6, 6.07) is 0. The van der Waals surface area contributed by atoms with E-state index in [1.54, 1.807) is 0 Å². The first-order valence-electron chi connectivity index (χ1n) is 3.28. The molecule has 3 N–H and O–H groups in total. The molecule has 62 valence electrons. The fourth-order valence-corrected chi connectivity index (χ4v) is 1.31. The van der Waals surface area contributed by atoms with E-state index in [1.165, 1.54) is 0 Å². The number of fused-ring (bicyclic) bond motifs is 1. The normalized spacial score (nSPS) is 14.2. The highest BCUT2D eigenvalue weighted by molar-refractivity contribution is 6.31. The van der Waals surface area contributed by atoms with Gasteiger partial charge in [-0.05, 0) is 0 Å². The van der Waals surface area contributed by atoms with Crippen LogP contribution in [-0.4, -0.2) is 15.9 Å². The van der Waals surface area contributed by atoms with Crippen molar-refractivity contribution in [3.63, 3.8) is 0 Å². The van der Waals surface area contributed by atoms with E-state index in [0.717, 1.165) is 0 Å². The van der Waals surface area contributed by atoms with Crippen LogP contribution in [0.1, 0.15) is 5.56 Å². The van der Waals surface area contributed by atoms with Gasteiger partial charge in [-0.15, -0.1) is 0 Å². The maximum atomic E-state index is 10.9. The first-order chi connectivity index (χ1) is 5.66. The Labute approximate surface area is 72.9 Å². The van der Waals surface area contributed by atoms with Crippen LogP contribution in [0.2, 0.25) is 5.15 Å². The van der Waals surface area contributed by atoms with E-state index in [2.05, 4.69) is 15.3 Å². The van der Waals surface area contributed by atoms with Crippen molar-refractivity contribution in [3.05, 3.63) is 10.7 Å². The van der Waals surface area contributed by atoms with Crippen LogP contribution in [0.3, 0.4) is 0 Å². The van der Waals surface area contributed by atoms with E-state index in [1.807, 2.05) is 0 Å². The van der Waals surface area contributed by atoms with E-state index in [-0.39, 0.29) is 23.4 Å². The standard InChI is InChI=1S/C6H5ClN4O/c7-4-2-1-3(12)9-5(2)11-6(8)10-4/h1H2,(H3,8,9,10,11,12). The fraction of sp³-hybridized carbons (Fsp3) is 0.167. The van der Waals surface area contributed by atoms with Gasteiger partial charge >= 0.3 is 0 Å². The molecule has 0 bridgehead atoms.